The Kier molecular flexibility index (Phi) is 3.55. The summed E-state index contributed by atoms with van der Waals surface area (Å²) in [6.07, 6.45) is 2.86. The van der Waals surface area contributed by atoms with Gasteiger partial charge in [0, 0.05) is 11.9 Å². The second-order valence-electron chi connectivity index (χ2n) is 3.45. The van der Waals surface area contributed by atoms with Gasteiger partial charge in [-0.1, -0.05) is 11.3 Å². The number of hydrogen-bond acceptors (Lipinski definition) is 6. The number of nitrogens with zero attached hydrogens (tertiary/aromatic N) is 2. The highest BCUT2D eigenvalue weighted by Crippen LogP contribution is 2.15. The normalized spacial score (nSPS) is 11.6. The summed E-state index contributed by atoms with van der Waals surface area (Å²) < 4.78 is 26.3. The lowest BCUT2D eigenvalue weighted by atomic mass is 10.4. The molecule has 0 bridgehead atoms. The van der Waals surface area contributed by atoms with Gasteiger partial charge in [0.2, 0.25) is 0 Å². The smallest absolute Gasteiger partial charge is 0.305 e. The first kappa shape index (κ1) is 12.9. The quantitative estimate of drug-likeness (QED) is 0.824. The molecule has 0 unspecified atom stereocenters. The van der Waals surface area contributed by atoms with Gasteiger partial charge in [0.25, 0.3) is 10.0 Å². The molecule has 0 amide bonds. The van der Waals surface area contributed by atoms with E-state index in [0.717, 1.165) is 0 Å². The number of aromatic nitrogens is 3. The van der Waals surface area contributed by atoms with Gasteiger partial charge >= 0.3 is 4.87 Å². The third-order valence-electron chi connectivity index (χ3n) is 2.11. The van der Waals surface area contributed by atoms with Gasteiger partial charge in [0.05, 0.1) is 12.2 Å². The first-order valence-electron chi connectivity index (χ1n) is 4.93. The maximum Gasteiger partial charge on any atom is 0.305 e. The molecule has 2 heterocycles. The number of thiazole rings is 1. The van der Waals surface area contributed by atoms with Crippen LogP contribution in [0.4, 0.5) is 0 Å². The van der Waals surface area contributed by atoms with Crippen molar-refractivity contribution in [2.24, 2.45) is 0 Å². The van der Waals surface area contributed by atoms with Crippen molar-refractivity contribution in [3.8, 4) is 0 Å². The molecular weight excluding hydrogens is 276 g/mol. The van der Waals surface area contributed by atoms with Crippen LogP contribution in [0.5, 0.6) is 0 Å². The number of rotatable bonds is 4. The molecule has 2 rings (SSSR count). The summed E-state index contributed by atoms with van der Waals surface area (Å²) in [5, 5.41) is 0. The van der Waals surface area contributed by atoms with Crippen molar-refractivity contribution in [3.05, 3.63) is 39.6 Å². The summed E-state index contributed by atoms with van der Waals surface area (Å²) in [6.45, 7) is 1.59. The Labute approximate surface area is 107 Å². The third kappa shape index (κ3) is 2.81. The Bertz CT molecular complexity index is 690. The highest BCUT2D eigenvalue weighted by Gasteiger charge is 2.20. The highest BCUT2D eigenvalue weighted by molar-refractivity contribution is 7.91. The molecule has 2 N–H and O–H groups in total. The van der Waals surface area contributed by atoms with Gasteiger partial charge in [-0.05, 0) is 13.0 Å². The zero-order valence-electron chi connectivity index (χ0n) is 9.37. The van der Waals surface area contributed by atoms with Crippen molar-refractivity contribution < 1.29 is 8.42 Å². The summed E-state index contributed by atoms with van der Waals surface area (Å²) in [7, 11) is -3.69. The zero-order chi connectivity index (χ0) is 13.2. The van der Waals surface area contributed by atoms with Gasteiger partial charge in [-0.3, -0.25) is 4.79 Å². The lowest BCUT2D eigenvalue weighted by molar-refractivity contribution is 0.581. The van der Waals surface area contributed by atoms with Crippen LogP contribution in [0.25, 0.3) is 0 Å². The second kappa shape index (κ2) is 4.96. The fourth-order valence-corrected chi connectivity index (χ4v) is 3.65. The van der Waals surface area contributed by atoms with Crippen molar-refractivity contribution in [2.45, 2.75) is 17.7 Å². The Morgan fingerprint density at radius 2 is 2.28 bits per heavy atom. The van der Waals surface area contributed by atoms with Crippen LogP contribution < -0.4 is 9.60 Å². The van der Waals surface area contributed by atoms with Gasteiger partial charge in [-0.15, -0.1) is 0 Å². The van der Waals surface area contributed by atoms with E-state index < -0.39 is 14.9 Å². The maximum absolute atomic E-state index is 11.9. The maximum atomic E-state index is 11.9. The number of aromatic amines is 1. The number of hydrogen-bond donors (Lipinski definition) is 2. The van der Waals surface area contributed by atoms with E-state index >= 15 is 0 Å². The van der Waals surface area contributed by atoms with Gasteiger partial charge < -0.3 is 4.98 Å². The highest BCUT2D eigenvalue weighted by atomic mass is 32.2. The molecule has 96 valence electrons. The molecule has 9 heteroatoms. The summed E-state index contributed by atoms with van der Waals surface area (Å²) in [5.74, 6) is 0. The molecule has 0 radical (unpaired) electrons. The molecular formula is C9H10N4O3S2. The lowest BCUT2D eigenvalue weighted by Gasteiger charge is -2.04. The molecule has 0 aliphatic heterocycles. The molecule has 0 aliphatic rings. The summed E-state index contributed by atoms with van der Waals surface area (Å²) >= 11 is 0.662. The predicted molar refractivity (Wildman–Crippen MR) is 65.7 cm³/mol. The van der Waals surface area contributed by atoms with E-state index in [4.69, 9.17) is 0 Å². The van der Waals surface area contributed by atoms with E-state index in [2.05, 4.69) is 19.7 Å². The molecule has 0 saturated carbocycles. The van der Waals surface area contributed by atoms with Crippen LogP contribution in [-0.4, -0.2) is 23.4 Å². The second-order valence-corrected chi connectivity index (χ2v) is 6.40. The molecule has 7 nitrogen and oxygen atoms in total. The third-order valence-corrected chi connectivity index (χ3v) is 5.12. The zero-order valence-corrected chi connectivity index (χ0v) is 11.0. The molecule has 0 aromatic carbocycles. The summed E-state index contributed by atoms with van der Waals surface area (Å²) in [5.41, 5.74) is 0.884. The Balaban J connectivity index is 2.18. The molecule has 2 aromatic heterocycles. The predicted octanol–water partition coefficient (Wildman–Crippen LogP) is 0.0133. The van der Waals surface area contributed by atoms with Gasteiger partial charge in [0.1, 0.15) is 6.33 Å². The van der Waals surface area contributed by atoms with E-state index in [9.17, 15) is 13.2 Å². The Morgan fingerprint density at radius 3 is 2.83 bits per heavy atom. The Morgan fingerprint density at radius 1 is 1.50 bits per heavy atom. The van der Waals surface area contributed by atoms with Gasteiger partial charge in [-0.25, -0.2) is 23.1 Å². The van der Waals surface area contributed by atoms with Crippen LogP contribution in [0, 0.1) is 6.92 Å². The molecule has 18 heavy (non-hydrogen) atoms. The van der Waals surface area contributed by atoms with E-state index in [0.29, 0.717) is 22.7 Å². The van der Waals surface area contributed by atoms with Gasteiger partial charge in [-0.2, -0.15) is 0 Å². The molecule has 0 saturated heterocycles. The van der Waals surface area contributed by atoms with Crippen LogP contribution in [0.15, 0.2) is 27.6 Å². The Hall–Kier alpha value is -1.58. The van der Waals surface area contributed by atoms with Crippen LogP contribution >= 0.6 is 11.3 Å². The largest absolute Gasteiger partial charge is 0.315 e. The van der Waals surface area contributed by atoms with E-state index in [1.54, 1.807) is 6.07 Å². The lowest BCUT2D eigenvalue weighted by Crippen LogP contribution is -2.23. The van der Waals surface area contributed by atoms with Crippen molar-refractivity contribution >= 4 is 21.4 Å². The fourth-order valence-electron chi connectivity index (χ4n) is 1.30. The number of nitrogens with one attached hydrogen (secondary N) is 2. The van der Waals surface area contributed by atoms with E-state index in [1.807, 2.05) is 0 Å². The molecule has 0 spiro atoms. The number of aryl methyl sites for hydroxylation is 1. The van der Waals surface area contributed by atoms with Crippen molar-refractivity contribution in [1.82, 2.24) is 19.7 Å². The van der Waals surface area contributed by atoms with E-state index in [-0.39, 0.29) is 10.8 Å². The standard InChI is InChI=1S/C9H10N4O3S2/c1-6-8(17-9(14)13-6)18(15,16)12-4-7-2-3-10-5-11-7/h2-3,5,12H,4H2,1H3,(H,13,14). The molecule has 0 aliphatic carbocycles. The topological polar surface area (TPSA) is 105 Å². The fraction of sp³-hybridized carbons (Fsp3) is 0.222. The summed E-state index contributed by atoms with van der Waals surface area (Å²) in [6, 6.07) is 1.61. The van der Waals surface area contributed by atoms with Crippen LogP contribution in [0.2, 0.25) is 0 Å². The minimum Gasteiger partial charge on any atom is -0.315 e. The SMILES string of the molecule is Cc1[nH]c(=O)sc1S(=O)(=O)NCc1ccncn1. The van der Waals surface area contributed by atoms with Crippen molar-refractivity contribution in [3.63, 3.8) is 0 Å². The first-order valence-corrected chi connectivity index (χ1v) is 7.23. The first-order chi connectivity index (χ1) is 8.49. The number of H-pyrrole nitrogens is 1. The minimum atomic E-state index is -3.69. The van der Waals surface area contributed by atoms with Crippen LogP contribution in [-0.2, 0) is 16.6 Å². The molecule has 0 atom stereocenters. The molecule has 0 fully saturated rings. The average molecular weight is 286 g/mol. The minimum absolute atomic E-state index is 0.00144. The monoisotopic (exact) mass is 286 g/mol. The average Bonchev–Trinajstić information content (AvgIpc) is 2.68. The molecule has 2 aromatic rings. The number of sulfonamides is 1. The van der Waals surface area contributed by atoms with Crippen molar-refractivity contribution in [1.29, 1.82) is 0 Å². The van der Waals surface area contributed by atoms with Crippen molar-refractivity contribution in [2.75, 3.05) is 0 Å². The van der Waals surface area contributed by atoms with Crippen LogP contribution in [0.3, 0.4) is 0 Å². The van der Waals surface area contributed by atoms with E-state index in [1.165, 1.54) is 19.4 Å². The van der Waals surface area contributed by atoms with Crippen LogP contribution in [0.1, 0.15) is 11.4 Å². The van der Waals surface area contributed by atoms with Gasteiger partial charge in [0.15, 0.2) is 4.21 Å². The summed E-state index contributed by atoms with van der Waals surface area (Å²) in [4.78, 5) is 20.8.